The van der Waals surface area contributed by atoms with Gasteiger partial charge in [0.15, 0.2) is 5.78 Å². The van der Waals surface area contributed by atoms with Gasteiger partial charge in [-0.05, 0) is 25.0 Å². The van der Waals surface area contributed by atoms with E-state index in [9.17, 15) is 22.8 Å². The first-order valence-corrected chi connectivity index (χ1v) is 7.36. The van der Waals surface area contributed by atoms with Crippen molar-refractivity contribution in [2.45, 2.75) is 38.3 Å². The predicted octanol–water partition coefficient (Wildman–Crippen LogP) is 3.58. The molecule has 1 fully saturated rings. The average molecular weight is 313 g/mol. The van der Waals surface area contributed by atoms with E-state index in [1.165, 1.54) is 12.1 Å². The molecule has 0 saturated heterocycles. The van der Waals surface area contributed by atoms with E-state index in [4.69, 9.17) is 0 Å². The lowest BCUT2D eigenvalue weighted by Crippen LogP contribution is -2.35. The normalized spacial score (nSPS) is 16.3. The van der Waals surface area contributed by atoms with Crippen molar-refractivity contribution in [3.63, 3.8) is 0 Å². The number of hydrogen-bond acceptors (Lipinski definition) is 2. The second-order valence-electron chi connectivity index (χ2n) is 5.55. The Bertz CT molecular complexity index is 549. The molecular formula is C16H18F3NO2. The number of benzene rings is 1. The van der Waals surface area contributed by atoms with E-state index in [1.54, 1.807) is 0 Å². The van der Waals surface area contributed by atoms with Gasteiger partial charge in [0, 0.05) is 11.5 Å². The molecule has 0 unspecified atom stereocenters. The summed E-state index contributed by atoms with van der Waals surface area (Å²) in [5.41, 5.74) is -0.907. The first-order chi connectivity index (χ1) is 10.4. The Labute approximate surface area is 126 Å². The topological polar surface area (TPSA) is 46.2 Å². The molecule has 1 aromatic carbocycles. The molecule has 0 radical (unpaired) electrons. The highest BCUT2D eigenvalue weighted by Gasteiger charge is 2.31. The Morgan fingerprint density at radius 2 is 1.82 bits per heavy atom. The van der Waals surface area contributed by atoms with Crippen molar-refractivity contribution >= 4 is 11.7 Å². The fraction of sp³-hybridized carbons (Fsp3) is 0.500. The van der Waals surface area contributed by atoms with Crippen LogP contribution < -0.4 is 5.32 Å². The van der Waals surface area contributed by atoms with Gasteiger partial charge in [0.25, 0.3) is 0 Å². The van der Waals surface area contributed by atoms with Crippen LogP contribution in [-0.4, -0.2) is 18.2 Å². The Kier molecular flexibility index (Phi) is 5.21. The summed E-state index contributed by atoms with van der Waals surface area (Å²) in [5.74, 6) is -0.779. The third kappa shape index (κ3) is 4.32. The molecule has 22 heavy (non-hydrogen) atoms. The molecule has 1 aliphatic rings. The van der Waals surface area contributed by atoms with E-state index in [0.29, 0.717) is 0 Å². The lowest BCUT2D eigenvalue weighted by Gasteiger charge is -2.20. The number of amides is 1. The number of halogens is 3. The molecule has 1 aliphatic carbocycles. The minimum absolute atomic E-state index is 0.0428. The van der Waals surface area contributed by atoms with Crippen LogP contribution in [0.2, 0.25) is 0 Å². The second-order valence-corrected chi connectivity index (χ2v) is 5.55. The van der Waals surface area contributed by atoms with Gasteiger partial charge >= 0.3 is 6.18 Å². The zero-order valence-electron chi connectivity index (χ0n) is 12.1. The molecule has 6 heteroatoms. The zero-order chi connectivity index (χ0) is 16.2. The summed E-state index contributed by atoms with van der Waals surface area (Å²) in [6.07, 6.45) is 0.251. The first-order valence-electron chi connectivity index (χ1n) is 7.36. The van der Waals surface area contributed by atoms with E-state index in [0.717, 1.165) is 44.2 Å². The van der Waals surface area contributed by atoms with Gasteiger partial charge in [0.05, 0.1) is 12.1 Å². The molecule has 0 heterocycles. The number of alkyl halides is 3. The number of ketones is 1. The zero-order valence-corrected chi connectivity index (χ0v) is 12.1. The van der Waals surface area contributed by atoms with E-state index in [2.05, 4.69) is 5.32 Å². The highest BCUT2D eigenvalue weighted by molar-refractivity contribution is 5.99. The van der Waals surface area contributed by atoms with Crippen molar-refractivity contribution in [2.75, 3.05) is 6.54 Å². The molecule has 0 aliphatic heterocycles. The molecule has 120 valence electrons. The molecule has 1 N–H and O–H groups in total. The highest BCUT2D eigenvalue weighted by Crippen LogP contribution is 2.29. The van der Waals surface area contributed by atoms with Gasteiger partial charge in [-0.2, -0.15) is 13.2 Å². The lowest BCUT2D eigenvalue weighted by atomic mass is 9.88. The van der Waals surface area contributed by atoms with Gasteiger partial charge in [-0.1, -0.05) is 31.4 Å². The fourth-order valence-electron chi connectivity index (χ4n) is 2.65. The summed E-state index contributed by atoms with van der Waals surface area (Å²) >= 11 is 0. The minimum Gasteiger partial charge on any atom is -0.348 e. The first kappa shape index (κ1) is 16.5. The van der Waals surface area contributed by atoms with Crippen LogP contribution in [0.25, 0.3) is 0 Å². The molecule has 1 aromatic rings. The van der Waals surface area contributed by atoms with Crippen LogP contribution in [0.1, 0.15) is 48.0 Å². The van der Waals surface area contributed by atoms with E-state index in [1.807, 2.05) is 0 Å². The number of nitrogens with one attached hydrogen (secondary N) is 1. The number of hydrogen-bond donors (Lipinski definition) is 1. The van der Waals surface area contributed by atoms with Gasteiger partial charge in [-0.15, -0.1) is 0 Å². The van der Waals surface area contributed by atoms with Crippen LogP contribution >= 0.6 is 0 Å². The predicted molar refractivity (Wildman–Crippen MR) is 75.4 cm³/mol. The molecule has 1 amide bonds. The number of carbonyl (C=O) groups is 2. The summed E-state index contributed by atoms with van der Waals surface area (Å²) in [4.78, 5) is 23.8. The van der Waals surface area contributed by atoms with Gasteiger partial charge < -0.3 is 5.32 Å². The number of rotatable bonds is 4. The maximum absolute atomic E-state index is 12.6. The largest absolute Gasteiger partial charge is 0.416 e. The quantitative estimate of drug-likeness (QED) is 0.864. The van der Waals surface area contributed by atoms with Crippen molar-refractivity contribution in [2.24, 2.45) is 5.92 Å². The highest BCUT2D eigenvalue weighted by atomic mass is 19.4. The Balaban J connectivity index is 1.93. The van der Waals surface area contributed by atoms with Crippen molar-refractivity contribution in [3.8, 4) is 0 Å². The maximum Gasteiger partial charge on any atom is 0.416 e. The van der Waals surface area contributed by atoms with E-state index < -0.39 is 17.5 Å². The Morgan fingerprint density at radius 3 is 2.45 bits per heavy atom. The standard InChI is InChI=1S/C16H18F3NO2/c17-16(18,19)13-8-4-7-12(9-13)14(21)10-20-15(22)11-5-2-1-3-6-11/h4,7-9,11H,1-3,5-6,10H2,(H,20,22). The van der Waals surface area contributed by atoms with E-state index in [-0.39, 0.29) is 23.9 Å². The van der Waals surface area contributed by atoms with Crippen LogP contribution in [0.5, 0.6) is 0 Å². The summed E-state index contributed by atoms with van der Waals surface area (Å²) in [5, 5.41) is 2.54. The van der Waals surface area contributed by atoms with Crippen molar-refractivity contribution < 1.29 is 22.8 Å². The summed E-state index contributed by atoms with van der Waals surface area (Å²) in [6, 6.07) is 4.25. The Morgan fingerprint density at radius 1 is 1.14 bits per heavy atom. The van der Waals surface area contributed by atoms with Crippen LogP contribution in [0.4, 0.5) is 13.2 Å². The second kappa shape index (κ2) is 6.94. The van der Waals surface area contributed by atoms with E-state index >= 15 is 0 Å². The fourth-order valence-corrected chi connectivity index (χ4v) is 2.65. The molecule has 0 aromatic heterocycles. The molecule has 0 atom stereocenters. The number of carbonyl (C=O) groups excluding carboxylic acids is 2. The average Bonchev–Trinajstić information content (AvgIpc) is 2.52. The number of Topliss-reactive ketones (excluding diaryl/α,β-unsaturated/α-hetero) is 1. The third-order valence-corrected chi connectivity index (χ3v) is 3.91. The Hall–Kier alpha value is -1.85. The summed E-state index contributed by atoms with van der Waals surface area (Å²) in [7, 11) is 0. The van der Waals surface area contributed by atoms with Crippen LogP contribution in [0.15, 0.2) is 24.3 Å². The van der Waals surface area contributed by atoms with Crippen molar-refractivity contribution in [1.82, 2.24) is 5.32 Å². The van der Waals surface area contributed by atoms with Crippen LogP contribution in [0.3, 0.4) is 0 Å². The SMILES string of the molecule is O=C(CNC(=O)C1CCCCC1)c1cccc(C(F)(F)F)c1. The molecule has 0 bridgehead atoms. The summed E-state index contributed by atoms with van der Waals surface area (Å²) < 4.78 is 37.8. The maximum atomic E-state index is 12.6. The molecule has 1 saturated carbocycles. The van der Waals surface area contributed by atoms with Crippen molar-refractivity contribution in [3.05, 3.63) is 35.4 Å². The van der Waals surface area contributed by atoms with Gasteiger partial charge in [-0.3, -0.25) is 9.59 Å². The molecule has 3 nitrogen and oxygen atoms in total. The van der Waals surface area contributed by atoms with Gasteiger partial charge in [-0.25, -0.2) is 0 Å². The molecule has 2 rings (SSSR count). The van der Waals surface area contributed by atoms with Crippen molar-refractivity contribution in [1.29, 1.82) is 0 Å². The van der Waals surface area contributed by atoms with Gasteiger partial charge in [0.2, 0.25) is 5.91 Å². The smallest absolute Gasteiger partial charge is 0.348 e. The van der Waals surface area contributed by atoms with Crippen LogP contribution in [-0.2, 0) is 11.0 Å². The molecule has 0 spiro atoms. The van der Waals surface area contributed by atoms with Crippen LogP contribution in [0, 0.1) is 5.92 Å². The lowest BCUT2D eigenvalue weighted by molar-refractivity contribution is -0.137. The van der Waals surface area contributed by atoms with Gasteiger partial charge in [0.1, 0.15) is 0 Å². The summed E-state index contributed by atoms with van der Waals surface area (Å²) in [6.45, 7) is -0.267. The minimum atomic E-state index is -4.48. The third-order valence-electron chi connectivity index (χ3n) is 3.91. The molecular weight excluding hydrogens is 295 g/mol. The monoisotopic (exact) mass is 313 g/mol.